The molecule has 1 aromatic heterocycles. The van der Waals surface area contributed by atoms with E-state index in [1.54, 1.807) is 45.3 Å². The second-order valence-corrected chi connectivity index (χ2v) is 7.31. The van der Waals surface area contributed by atoms with Gasteiger partial charge in [0.05, 0.1) is 25.3 Å². The van der Waals surface area contributed by atoms with Crippen molar-refractivity contribution < 1.29 is 23.9 Å². The SMILES string of the molecule is CCOC(=O)c1sc(NC(=O)[C@@H]2CC(=O)N(C)C2)nc1-c1ccc(OC)cc1. The number of rotatable bonds is 6. The van der Waals surface area contributed by atoms with Crippen LogP contribution < -0.4 is 10.1 Å². The Morgan fingerprint density at radius 2 is 2.04 bits per heavy atom. The first-order chi connectivity index (χ1) is 13.4. The number of amides is 2. The molecule has 1 saturated heterocycles. The summed E-state index contributed by atoms with van der Waals surface area (Å²) in [4.78, 5) is 42.8. The summed E-state index contributed by atoms with van der Waals surface area (Å²) in [6, 6.07) is 7.10. The van der Waals surface area contributed by atoms with E-state index in [2.05, 4.69) is 10.3 Å². The van der Waals surface area contributed by atoms with Gasteiger partial charge in [-0.25, -0.2) is 9.78 Å². The zero-order valence-electron chi connectivity index (χ0n) is 15.9. The molecule has 9 heteroatoms. The molecule has 148 valence electrons. The normalized spacial score (nSPS) is 16.2. The lowest BCUT2D eigenvalue weighted by atomic mass is 10.1. The fourth-order valence-electron chi connectivity index (χ4n) is 2.90. The molecule has 28 heavy (non-hydrogen) atoms. The second-order valence-electron chi connectivity index (χ2n) is 6.31. The molecule has 1 fully saturated rings. The summed E-state index contributed by atoms with van der Waals surface area (Å²) in [6.45, 7) is 2.32. The van der Waals surface area contributed by atoms with E-state index in [0.29, 0.717) is 33.6 Å². The molecule has 0 radical (unpaired) electrons. The molecular formula is C19H21N3O5S. The van der Waals surface area contributed by atoms with Gasteiger partial charge in [0.2, 0.25) is 11.8 Å². The Hall–Kier alpha value is -2.94. The van der Waals surface area contributed by atoms with E-state index in [4.69, 9.17) is 9.47 Å². The highest BCUT2D eigenvalue weighted by Crippen LogP contribution is 2.33. The van der Waals surface area contributed by atoms with Crippen LogP contribution in [0.15, 0.2) is 24.3 Å². The van der Waals surface area contributed by atoms with Gasteiger partial charge in [0.25, 0.3) is 0 Å². The molecule has 0 unspecified atom stereocenters. The van der Waals surface area contributed by atoms with E-state index >= 15 is 0 Å². The minimum absolute atomic E-state index is 0.0644. The van der Waals surface area contributed by atoms with Crippen molar-refractivity contribution in [2.75, 3.05) is 32.6 Å². The van der Waals surface area contributed by atoms with E-state index in [9.17, 15) is 14.4 Å². The molecular weight excluding hydrogens is 382 g/mol. The van der Waals surface area contributed by atoms with Crippen molar-refractivity contribution in [1.82, 2.24) is 9.88 Å². The van der Waals surface area contributed by atoms with Gasteiger partial charge in [-0.05, 0) is 31.2 Å². The van der Waals surface area contributed by atoms with Crippen molar-refractivity contribution in [3.05, 3.63) is 29.1 Å². The Bertz CT molecular complexity index is 893. The number of benzene rings is 1. The number of thiazole rings is 1. The topological polar surface area (TPSA) is 97.8 Å². The van der Waals surface area contributed by atoms with Crippen molar-refractivity contribution in [3.8, 4) is 17.0 Å². The average Bonchev–Trinajstić information content (AvgIpc) is 3.25. The summed E-state index contributed by atoms with van der Waals surface area (Å²) in [7, 11) is 3.24. The predicted octanol–water partition coefficient (Wildman–Crippen LogP) is 2.41. The minimum atomic E-state index is -0.498. The van der Waals surface area contributed by atoms with Crippen LogP contribution in [-0.2, 0) is 14.3 Å². The van der Waals surface area contributed by atoms with Gasteiger partial charge < -0.3 is 19.7 Å². The first-order valence-electron chi connectivity index (χ1n) is 8.80. The van der Waals surface area contributed by atoms with E-state index in [0.717, 1.165) is 11.3 Å². The van der Waals surface area contributed by atoms with Gasteiger partial charge in [-0.3, -0.25) is 9.59 Å². The lowest BCUT2D eigenvalue weighted by Crippen LogP contribution is -2.25. The maximum atomic E-state index is 12.5. The molecule has 2 aromatic rings. The van der Waals surface area contributed by atoms with Crippen LogP contribution in [0.3, 0.4) is 0 Å². The van der Waals surface area contributed by atoms with E-state index in [1.165, 1.54) is 4.90 Å². The number of nitrogens with zero attached hydrogens (tertiary/aromatic N) is 2. The number of esters is 1. The molecule has 0 spiro atoms. The van der Waals surface area contributed by atoms with Crippen molar-refractivity contribution in [2.24, 2.45) is 5.92 Å². The molecule has 0 saturated carbocycles. The smallest absolute Gasteiger partial charge is 0.350 e. The van der Waals surface area contributed by atoms with Gasteiger partial charge in [0.1, 0.15) is 10.6 Å². The highest BCUT2D eigenvalue weighted by atomic mass is 32.1. The van der Waals surface area contributed by atoms with Gasteiger partial charge in [0.15, 0.2) is 5.13 Å². The van der Waals surface area contributed by atoms with Gasteiger partial charge in [-0.15, -0.1) is 0 Å². The number of hydrogen-bond donors (Lipinski definition) is 1. The van der Waals surface area contributed by atoms with Gasteiger partial charge >= 0.3 is 5.97 Å². The number of nitrogens with one attached hydrogen (secondary N) is 1. The number of hydrogen-bond acceptors (Lipinski definition) is 7. The summed E-state index contributed by atoms with van der Waals surface area (Å²) in [5.74, 6) is -0.604. The van der Waals surface area contributed by atoms with Crippen LogP contribution in [0.1, 0.15) is 23.0 Å². The van der Waals surface area contributed by atoms with Crippen molar-refractivity contribution in [2.45, 2.75) is 13.3 Å². The summed E-state index contributed by atoms with van der Waals surface area (Å²) in [6.07, 6.45) is 0.170. The third-order valence-corrected chi connectivity index (χ3v) is 5.34. The number of anilines is 1. The Labute approximate surface area is 166 Å². The average molecular weight is 403 g/mol. The Morgan fingerprint density at radius 1 is 1.32 bits per heavy atom. The van der Waals surface area contributed by atoms with Gasteiger partial charge in [0, 0.05) is 25.6 Å². The maximum Gasteiger partial charge on any atom is 0.350 e. The molecule has 1 atom stereocenters. The van der Waals surface area contributed by atoms with Crippen molar-refractivity contribution >= 4 is 34.3 Å². The van der Waals surface area contributed by atoms with E-state index in [1.807, 2.05) is 0 Å². The minimum Gasteiger partial charge on any atom is -0.497 e. The summed E-state index contributed by atoms with van der Waals surface area (Å²) in [5, 5.41) is 3.02. The summed E-state index contributed by atoms with van der Waals surface area (Å²) >= 11 is 1.05. The molecule has 2 amide bonds. The van der Waals surface area contributed by atoms with Crippen LogP contribution in [0.5, 0.6) is 5.75 Å². The molecule has 0 bridgehead atoms. The standard InChI is InChI=1S/C19H21N3O5S/c1-4-27-18(25)16-15(11-5-7-13(26-3)8-6-11)20-19(28-16)21-17(24)12-9-14(23)22(2)10-12/h5-8,12H,4,9-10H2,1-3H3,(H,20,21,24)/t12-/m1/s1. The van der Waals surface area contributed by atoms with Crippen LogP contribution in [0, 0.1) is 5.92 Å². The summed E-state index contributed by atoms with van der Waals surface area (Å²) in [5.41, 5.74) is 1.14. The molecule has 1 N–H and O–H groups in total. The molecule has 1 aliphatic rings. The predicted molar refractivity (Wildman–Crippen MR) is 104 cm³/mol. The van der Waals surface area contributed by atoms with Crippen molar-refractivity contribution in [3.63, 3.8) is 0 Å². The van der Waals surface area contributed by atoms with Crippen LogP contribution >= 0.6 is 11.3 Å². The Kier molecular flexibility index (Phi) is 5.93. The van der Waals surface area contributed by atoms with Crippen LogP contribution in [0.4, 0.5) is 5.13 Å². The third kappa shape index (κ3) is 4.14. The lowest BCUT2D eigenvalue weighted by molar-refractivity contribution is -0.127. The first-order valence-corrected chi connectivity index (χ1v) is 9.61. The number of aromatic nitrogens is 1. The zero-order valence-corrected chi connectivity index (χ0v) is 16.7. The molecule has 0 aliphatic carbocycles. The molecule has 2 heterocycles. The van der Waals surface area contributed by atoms with E-state index in [-0.39, 0.29) is 24.8 Å². The molecule has 1 aromatic carbocycles. The third-order valence-electron chi connectivity index (χ3n) is 4.39. The van der Waals surface area contributed by atoms with Crippen molar-refractivity contribution in [1.29, 1.82) is 0 Å². The molecule has 3 rings (SSSR count). The quantitative estimate of drug-likeness (QED) is 0.744. The van der Waals surface area contributed by atoms with Crippen LogP contribution in [0.25, 0.3) is 11.3 Å². The fraction of sp³-hybridized carbons (Fsp3) is 0.368. The second kappa shape index (κ2) is 8.39. The Balaban J connectivity index is 1.87. The van der Waals surface area contributed by atoms with Gasteiger partial charge in [-0.1, -0.05) is 11.3 Å². The number of ether oxygens (including phenoxy) is 2. The highest BCUT2D eigenvalue weighted by Gasteiger charge is 2.33. The first kappa shape index (κ1) is 19.8. The lowest BCUT2D eigenvalue weighted by Gasteiger charge is -2.09. The number of methoxy groups -OCH3 is 1. The van der Waals surface area contributed by atoms with E-state index < -0.39 is 11.9 Å². The largest absolute Gasteiger partial charge is 0.497 e. The number of carbonyl (C=O) groups excluding carboxylic acids is 3. The van der Waals surface area contributed by atoms with Crippen LogP contribution in [-0.4, -0.2) is 55.0 Å². The fourth-order valence-corrected chi connectivity index (χ4v) is 3.78. The number of likely N-dealkylation sites (tertiary alicyclic amines) is 1. The van der Waals surface area contributed by atoms with Gasteiger partial charge in [-0.2, -0.15) is 0 Å². The van der Waals surface area contributed by atoms with Crippen LogP contribution in [0.2, 0.25) is 0 Å². The Morgan fingerprint density at radius 3 is 2.61 bits per heavy atom. The molecule has 8 nitrogen and oxygen atoms in total. The zero-order chi connectivity index (χ0) is 20.3. The molecule has 1 aliphatic heterocycles. The maximum absolute atomic E-state index is 12.5. The number of carbonyl (C=O) groups is 3. The highest BCUT2D eigenvalue weighted by molar-refractivity contribution is 7.18. The summed E-state index contributed by atoms with van der Waals surface area (Å²) < 4.78 is 10.3. The monoisotopic (exact) mass is 403 g/mol.